The minimum Gasteiger partial charge on any atom is -0.452 e. The number of thiophene rings is 1. The number of ketones is 1. The first-order valence-electron chi connectivity index (χ1n) is 7.45. The zero-order valence-electron chi connectivity index (χ0n) is 12.8. The van der Waals surface area contributed by atoms with E-state index in [9.17, 15) is 9.59 Å². The Balaban J connectivity index is 1.57. The van der Waals surface area contributed by atoms with Gasteiger partial charge in [-0.1, -0.05) is 12.1 Å². The predicted octanol–water partition coefficient (Wildman–Crippen LogP) is 3.98. The Morgan fingerprint density at radius 1 is 1.20 bits per heavy atom. The summed E-state index contributed by atoms with van der Waals surface area (Å²) in [5.41, 5.74) is 1.20. The molecule has 1 aliphatic rings. The van der Waals surface area contributed by atoms with E-state index in [0.29, 0.717) is 21.9 Å². The molecule has 3 heterocycles. The van der Waals surface area contributed by atoms with E-state index >= 15 is 0 Å². The molecule has 5 nitrogen and oxygen atoms in total. The maximum absolute atomic E-state index is 12.4. The van der Waals surface area contributed by atoms with Gasteiger partial charge in [0.2, 0.25) is 5.78 Å². The molecule has 1 aromatic carbocycles. The van der Waals surface area contributed by atoms with Crippen molar-refractivity contribution in [3.8, 4) is 11.5 Å². The van der Waals surface area contributed by atoms with Crippen molar-refractivity contribution in [2.75, 3.05) is 0 Å². The lowest BCUT2D eigenvalue weighted by molar-refractivity contribution is 0.0739. The van der Waals surface area contributed by atoms with E-state index in [-0.39, 0.29) is 11.5 Å². The van der Waals surface area contributed by atoms with Crippen LogP contribution in [0.2, 0.25) is 0 Å². The average molecular weight is 349 g/mol. The van der Waals surface area contributed by atoms with Crippen molar-refractivity contribution in [2.24, 2.45) is 0 Å². The summed E-state index contributed by atoms with van der Waals surface area (Å²) in [4.78, 5) is 28.9. The van der Waals surface area contributed by atoms with Crippen LogP contribution >= 0.6 is 11.3 Å². The number of allylic oxidation sites excluding steroid dienone is 1. The largest absolute Gasteiger partial charge is 0.452 e. The Hall–Kier alpha value is -3.25. The van der Waals surface area contributed by atoms with Gasteiger partial charge < -0.3 is 9.47 Å². The van der Waals surface area contributed by atoms with Crippen LogP contribution in [0.25, 0.3) is 6.08 Å². The van der Waals surface area contributed by atoms with Crippen molar-refractivity contribution in [1.82, 2.24) is 4.98 Å². The van der Waals surface area contributed by atoms with Crippen LogP contribution in [0.1, 0.15) is 25.6 Å². The van der Waals surface area contributed by atoms with Crippen LogP contribution < -0.4 is 9.47 Å². The molecule has 0 fully saturated rings. The number of aromatic nitrogens is 1. The summed E-state index contributed by atoms with van der Waals surface area (Å²) in [5, 5.41) is 1.80. The van der Waals surface area contributed by atoms with Gasteiger partial charge in [0.15, 0.2) is 5.76 Å². The second-order valence-corrected chi connectivity index (χ2v) is 6.20. The van der Waals surface area contributed by atoms with Gasteiger partial charge in [0, 0.05) is 18.5 Å². The van der Waals surface area contributed by atoms with E-state index in [1.54, 1.807) is 60.2 Å². The van der Waals surface area contributed by atoms with Crippen LogP contribution in [0.3, 0.4) is 0 Å². The molecule has 0 bridgehead atoms. The third-order valence-corrected chi connectivity index (χ3v) is 4.41. The Labute approximate surface area is 147 Å². The molecule has 0 unspecified atom stereocenters. The van der Waals surface area contributed by atoms with Gasteiger partial charge in [-0.2, -0.15) is 0 Å². The van der Waals surface area contributed by atoms with Crippen LogP contribution in [0.5, 0.6) is 11.5 Å². The number of hydrogen-bond acceptors (Lipinski definition) is 6. The molecule has 0 N–H and O–H groups in total. The number of nitrogens with zero attached hydrogens (tertiary/aromatic N) is 1. The SMILES string of the molecule is O=C(Oc1ccc2c(c1)OC(=Cc1cccnc1)C2=O)c1cccs1. The molecule has 122 valence electrons. The minimum atomic E-state index is -0.439. The monoisotopic (exact) mass is 349 g/mol. The van der Waals surface area contributed by atoms with Crippen LogP contribution in [0.15, 0.2) is 66.0 Å². The van der Waals surface area contributed by atoms with Gasteiger partial charge in [-0.3, -0.25) is 9.78 Å². The lowest BCUT2D eigenvalue weighted by Gasteiger charge is -2.04. The van der Waals surface area contributed by atoms with E-state index in [0.717, 1.165) is 5.56 Å². The topological polar surface area (TPSA) is 65.5 Å². The highest BCUT2D eigenvalue weighted by atomic mass is 32.1. The Kier molecular flexibility index (Phi) is 3.87. The standard InChI is InChI=1S/C19H11NO4S/c21-18-14-6-5-13(23-19(22)17-4-2-8-25-17)10-15(14)24-16(18)9-12-3-1-7-20-11-12/h1-11H. The second-order valence-electron chi connectivity index (χ2n) is 5.25. The smallest absolute Gasteiger partial charge is 0.353 e. The Bertz CT molecular complexity index is 978. The molecule has 0 atom stereocenters. The van der Waals surface area contributed by atoms with Crippen LogP contribution in [0.4, 0.5) is 0 Å². The quantitative estimate of drug-likeness (QED) is 0.406. The van der Waals surface area contributed by atoms with Gasteiger partial charge in [-0.15, -0.1) is 11.3 Å². The maximum atomic E-state index is 12.4. The van der Waals surface area contributed by atoms with Gasteiger partial charge in [0.05, 0.1) is 5.56 Å². The number of pyridine rings is 1. The van der Waals surface area contributed by atoms with E-state index in [4.69, 9.17) is 9.47 Å². The lowest BCUT2D eigenvalue weighted by atomic mass is 10.1. The molecular weight excluding hydrogens is 338 g/mol. The van der Waals surface area contributed by atoms with Crippen LogP contribution in [-0.2, 0) is 0 Å². The van der Waals surface area contributed by atoms with E-state index in [2.05, 4.69) is 4.98 Å². The number of hydrogen-bond donors (Lipinski definition) is 0. The fraction of sp³-hybridized carbons (Fsp3) is 0. The number of carbonyl (C=O) groups is 2. The normalized spacial score (nSPS) is 14.2. The molecule has 0 saturated carbocycles. The van der Waals surface area contributed by atoms with E-state index < -0.39 is 5.97 Å². The molecule has 4 rings (SSSR count). The average Bonchev–Trinajstić information content (AvgIpc) is 3.25. The number of benzene rings is 1. The molecule has 2 aromatic heterocycles. The summed E-state index contributed by atoms with van der Waals surface area (Å²) in [5.74, 6) is 0.259. The fourth-order valence-electron chi connectivity index (χ4n) is 2.40. The Morgan fingerprint density at radius 3 is 2.88 bits per heavy atom. The number of carbonyl (C=O) groups excluding carboxylic acids is 2. The number of fused-ring (bicyclic) bond motifs is 1. The minimum absolute atomic E-state index is 0.213. The summed E-state index contributed by atoms with van der Waals surface area (Å²) >= 11 is 1.30. The summed E-state index contributed by atoms with van der Waals surface area (Å²) < 4.78 is 11.0. The summed E-state index contributed by atoms with van der Waals surface area (Å²) in [7, 11) is 0. The highest BCUT2D eigenvalue weighted by molar-refractivity contribution is 7.12. The lowest BCUT2D eigenvalue weighted by Crippen LogP contribution is -2.06. The van der Waals surface area contributed by atoms with Crippen molar-refractivity contribution in [1.29, 1.82) is 0 Å². The van der Waals surface area contributed by atoms with Crippen molar-refractivity contribution in [2.45, 2.75) is 0 Å². The van der Waals surface area contributed by atoms with Gasteiger partial charge in [0.25, 0.3) is 0 Å². The zero-order chi connectivity index (χ0) is 17.2. The van der Waals surface area contributed by atoms with Crippen molar-refractivity contribution in [3.05, 3.63) is 82.0 Å². The van der Waals surface area contributed by atoms with Gasteiger partial charge in [0.1, 0.15) is 16.4 Å². The third kappa shape index (κ3) is 3.07. The van der Waals surface area contributed by atoms with Crippen molar-refractivity contribution in [3.63, 3.8) is 0 Å². The number of ether oxygens (including phenoxy) is 2. The molecule has 0 amide bonds. The molecule has 25 heavy (non-hydrogen) atoms. The number of rotatable bonds is 3. The van der Waals surface area contributed by atoms with Crippen molar-refractivity contribution < 1.29 is 19.1 Å². The first kappa shape index (κ1) is 15.3. The summed E-state index contributed by atoms with van der Waals surface area (Å²) in [6.45, 7) is 0. The Morgan fingerprint density at radius 2 is 2.12 bits per heavy atom. The van der Waals surface area contributed by atoms with Gasteiger partial charge in [-0.25, -0.2) is 4.79 Å². The predicted molar refractivity (Wildman–Crippen MR) is 92.9 cm³/mol. The highest BCUT2D eigenvalue weighted by Gasteiger charge is 2.28. The fourth-order valence-corrected chi connectivity index (χ4v) is 2.99. The molecule has 0 spiro atoms. The molecule has 0 saturated heterocycles. The maximum Gasteiger partial charge on any atom is 0.353 e. The highest BCUT2D eigenvalue weighted by Crippen LogP contribution is 2.35. The summed E-state index contributed by atoms with van der Waals surface area (Å²) in [6.07, 6.45) is 4.93. The molecule has 1 aliphatic heterocycles. The zero-order valence-corrected chi connectivity index (χ0v) is 13.7. The molecule has 0 radical (unpaired) electrons. The first-order chi connectivity index (χ1) is 12.2. The number of Topliss-reactive ketones (excluding diaryl/α,β-unsaturated/α-hetero) is 1. The van der Waals surface area contributed by atoms with E-state index in [1.165, 1.54) is 11.3 Å². The summed E-state index contributed by atoms with van der Waals surface area (Å²) in [6, 6.07) is 11.8. The molecule has 3 aromatic rings. The molecule has 0 aliphatic carbocycles. The molecule has 6 heteroatoms. The van der Waals surface area contributed by atoms with Crippen molar-refractivity contribution >= 4 is 29.2 Å². The third-order valence-electron chi connectivity index (χ3n) is 3.56. The van der Waals surface area contributed by atoms with Crippen LogP contribution in [0, 0.1) is 0 Å². The van der Waals surface area contributed by atoms with E-state index in [1.807, 2.05) is 6.07 Å². The number of esters is 1. The van der Waals surface area contributed by atoms with Crippen LogP contribution in [-0.4, -0.2) is 16.7 Å². The molecular formula is C19H11NO4S. The first-order valence-corrected chi connectivity index (χ1v) is 8.33. The van der Waals surface area contributed by atoms with Gasteiger partial charge >= 0.3 is 5.97 Å². The van der Waals surface area contributed by atoms with Gasteiger partial charge in [-0.05, 0) is 41.3 Å². The second kappa shape index (κ2) is 6.33.